The van der Waals surface area contributed by atoms with Crippen molar-refractivity contribution in [2.75, 3.05) is 10.2 Å². The van der Waals surface area contributed by atoms with Crippen molar-refractivity contribution in [2.24, 2.45) is 11.8 Å². The maximum absolute atomic E-state index is 15.3. The molecule has 2 amide bonds. The van der Waals surface area contributed by atoms with E-state index in [1.807, 2.05) is 92.7 Å². The Kier molecular flexibility index (Phi) is 19.4. The lowest BCUT2D eigenvalue weighted by molar-refractivity contribution is -0.124. The zero-order chi connectivity index (χ0) is 60.9. The number of hydrogen-bond donors (Lipinski definition) is 3. The molecule has 0 fully saturated rings. The van der Waals surface area contributed by atoms with Crippen LogP contribution in [0.5, 0.6) is 0 Å². The molecule has 0 radical (unpaired) electrons. The topological polar surface area (TPSA) is 98.7 Å². The highest BCUT2D eigenvalue weighted by Gasteiger charge is 2.40. The fraction of sp³-hybridized carbons (Fsp3) is 0.175. The number of unbranched alkanes of at least 4 members (excludes halogenated alkanes) is 2. The monoisotopic (exact) mass is 1170 g/mol. The molecular formula is C80H76N3O4P. The summed E-state index contributed by atoms with van der Waals surface area (Å²) in [6.45, 7) is 8.33. The molecule has 0 aliphatic heterocycles. The van der Waals surface area contributed by atoms with E-state index in [0.29, 0.717) is 35.4 Å². The van der Waals surface area contributed by atoms with E-state index in [2.05, 4.69) is 205 Å². The first kappa shape index (κ1) is 60.2. The van der Waals surface area contributed by atoms with Gasteiger partial charge in [-0.25, -0.2) is 0 Å². The number of rotatable bonds is 22. The number of anilines is 4. The molecule has 88 heavy (non-hydrogen) atoms. The smallest absolute Gasteiger partial charge is 0.227 e. The third-order valence-corrected chi connectivity index (χ3v) is 19.8. The first-order valence-corrected chi connectivity index (χ1v) is 32.7. The van der Waals surface area contributed by atoms with Crippen molar-refractivity contribution in [1.29, 1.82) is 0 Å². The molecule has 11 rings (SSSR count). The molecule has 440 valence electrons. The maximum Gasteiger partial charge on any atom is 0.227 e. The van der Waals surface area contributed by atoms with Crippen LogP contribution in [0.1, 0.15) is 84.6 Å². The molecule has 2 aliphatic rings. The van der Waals surface area contributed by atoms with Gasteiger partial charge in [0.05, 0.1) is 16.8 Å². The number of nitrogens with zero attached hydrogens (tertiary/aromatic N) is 1. The van der Waals surface area contributed by atoms with Crippen LogP contribution in [-0.4, -0.2) is 28.0 Å². The van der Waals surface area contributed by atoms with Gasteiger partial charge in [0.25, 0.3) is 0 Å². The van der Waals surface area contributed by atoms with Gasteiger partial charge in [-0.3, -0.25) is 14.4 Å². The van der Waals surface area contributed by atoms with E-state index in [-0.39, 0.29) is 46.3 Å². The minimum Gasteiger partial charge on any atom is -0.506 e. The Balaban J connectivity index is 1.04. The van der Waals surface area contributed by atoms with Gasteiger partial charge in [0.2, 0.25) is 17.6 Å². The van der Waals surface area contributed by atoms with Crippen molar-refractivity contribution in [3.8, 4) is 44.5 Å². The highest BCUT2D eigenvalue weighted by Crippen LogP contribution is 2.46. The van der Waals surface area contributed by atoms with Crippen LogP contribution in [0.3, 0.4) is 0 Å². The summed E-state index contributed by atoms with van der Waals surface area (Å²) in [5.74, 6) is -1.38. The normalized spacial score (nSPS) is 14.5. The van der Waals surface area contributed by atoms with Crippen LogP contribution in [0.2, 0.25) is 0 Å². The lowest BCUT2D eigenvalue weighted by Gasteiger charge is -2.30. The number of aliphatic hydroxyl groups excluding tert-OH is 1. The van der Waals surface area contributed by atoms with Crippen LogP contribution in [0.25, 0.3) is 50.1 Å². The van der Waals surface area contributed by atoms with Gasteiger partial charge in [-0.1, -0.05) is 267 Å². The maximum atomic E-state index is 15.3. The second-order valence-electron chi connectivity index (χ2n) is 22.8. The van der Waals surface area contributed by atoms with Gasteiger partial charge < -0.3 is 20.6 Å². The van der Waals surface area contributed by atoms with Gasteiger partial charge in [-0.05, 0) is 135 Å². The molecule has 9 aromatic carbocycles. The van der Waals surface area contributed by atoms with Crippen LogP contribution in [0.4, 0.5) is 22.7 Å². The molecular weight excluding hydrogens is 1100 g/mol. The van der Waals surface area contributed by atoms with E-state index < -0.39 is 7.55 Å². The number of amides is 2. The number of aliphatic hydroxyl groups is 1. The average Bonchev–Trinajstić information content (AvgIpc) is 0.914. The number of carbonyl (C=O) groups is 3. The van der Waals surface area contributed by atoms with Crippen molar-refractivity contribution in [3.05, 3.63) is 283 Å². The van der Waals surface area contributed by atoms with Gasteiger partial charge >= 0.3 is 0 Å². The Labute approximate surface area is 520 Å². The van der Waals surface area contributed by atoms with E-state index in [1.165, 1.54) is 0 Å². The molecule has 3 N–H and O–H groups in total. The second kappa shape index (κ2) is 28.3. The van der Waals surface area contributed by atoms with E-state index >= 15 is 4.79 Å². The first-order valence-electron chi connectivity index (χ1n) is 31.2. The summed E-state index contributed by atoms with van der Waals surface area (Å²) in [6, 6.07) is 81.4. The molecule has 0 spiro atoms. The largest absolute Gasteiger partial charge is 0.506 e. The summed E-state index contributed by atoms with van der Waals surface area (Å²) >= 11 is 0. The lowest BCUT2D eigenvalue weighted by atomic mass is 9.78. The second-order valence-corrected chi connectivity index (χ2v) is 25.3. The van der Waals surface area contributed by atoms with Gasteiger partial charge in [-0.15, -0.1) is 0 Å². The molecule has 7 nitrogen and oxygen atoms in total. The predicted molar refractivity (Wildman–Crippen MR) is 371 cm³/mol. The zero-order valence-corrected chi connectivity index (χ0v) is 51.7. The lowest BCUT2D eigenvalue weighted by Crippen LogP contribution is -2.33. The Morgan fingerprint density at radius 1 is 0.455 bits per heavy atom. The molecule has 0 saturated carbocycles. The fourth-order valence-electron chi connectivity index (χ4n) is 12.1. The van der Waals surface area contributed by atoms with Gasteiger partial charge in [0.15, 0.2) is 0 Å². The van der Waals surface area contributed by atoms with Crippen molar-refractivity contribution in [1.82, 2.24) is 5.32 Å². The minimum atomic E-state index is -1.76. The fourth-order valence-corrected chi connectivity index (χ4v) is 14.6. The summed E-state index contributed by atoms with van der Waals surface area (Å²) in [4.78, 5) is 46.6. The minimum absolute atomic E-state index is 0.0990. The van der Waals surface area contributed by atoms with Crippen molar-refractivity contribution in [3.63, 3.8) is 0 Å². The average molecular weight is 1170 g/mol. The molecule has 2 atom stereocenters. The van der Waals surface area contributed by atoms with E-state index in [1.54, 1.807) is 0 Å². The molecule has 0 aromatic heterocycles. The van der Waals surface area contributed by atoms with E-state index in [9.17, 15) is 14.7 Å². The van der Waals surface area contributed by atoms with Crippen molar-refractivity contribution >= 4 is 69.4 Å². The molecule has 2 aliphatic carbocycles. The Hall–Kier alpha value is -9.55. The van der Waals surface area contributed by atoms with Gasteiger partial charge in [0.1, 0.15) is 5.76 Å². The number of nitrogens with one attached hydrogen (secondary N) is 2. The highest BCUT2D eigenvalue weighted by molar-refractivity contribution is 7.74. The summed E-state index contributed by atoms with van der Waals surface area (Å²) in [6.07, 6.45) is 12.4. The molecule has 8 heteroatoms. The number of carbonyl (C=O) groups excluding carboxylic acids is 3. The van der Waals surface area contributed by atoms with Crippen LogP contribution >= 0.6 is 7.55 Å². The quantitative estimate of drug-likeness (QED) is 0.0464. The standard InChI is InChI=1S/C80H76N3O4P/c1-5-9-23-55(7-3)79(86)81-73-53-67(83(65-41-33-61(34-42-65)57-25-15-11-16-26-57)66-43-35-62(36-44-66)58-27-17-12-18-28-58)45-51-71(73)75-77(84)76(78(75)85)72-52-50-70(54-74(72)82-80(87)56(8-4)24-10-6-2)88(68-46-37-63(38-47-68)59-29-19-13-20-30-59)69-48-39-64(40-49-69)60-31-21-14-22-32-60/h11-22,25-56,84,88H,5-10,23-24H2,1-4H3,(H,81,86)(H,82,87)/b76-72+. The Morgan fingerprint density at radius 3 is 1.24 bits per heavy atom. The molecule has 0 saturated heterocycles. The zero-order valence-electron chi connectivity index (χ0n) is 50.7. The SMILES string of the molecule is CCCCC(CC)C(=O)NC1=CC(=[PH](c2ccc(-c3ccccc3)cc2)c2ccc(-c3ccccc3)cc2)C=C/C1=C1\C(=O)C(c2ccc(N(c3ccc(-c4ccccc4)cc3)c3ccc(-c4ccccc4)cc3)cc2NC(=O)C(CC)CCCC)=C1O. The Bertz CT molecular complexity index is 3930. The predicted octanol–water partition coefficient (Wildman–Crippen LogP) is 19.0. The summed E-state index contributed by atoms with van der Waals surface area (Å²) in [5.41, 5.74) is 13.3. The number of ketones is 1. The molecule has 0 bridgehead atoms. The number of Topliss-reactive ketones (excluding diaryl/α,β-unsaturated/α-hetero) is 1. The summed E-state index contributed by atoms with van der Waals surface area (Å²) in [7, 11) is -1.76. The number of hydrogen-bond acceptors (Lipinski definition) is 5. The highest BCUT2D eigenvalue weighted by atomic mass is 31.1. The van der Waals surface area contributed by atoms with Crippen LogP contribution in [0.15, 0.2) is 277 Å². The van der Waals surface area contributed by atoms with Gasteiger partial charge in [0, 0.05) is 45.7 Å². The first-order chi connectivity index (χ1) is 43.1. The van der Waals surface area contributed by atoms with Crippen LogP contribution in [0, 0.1) is 11.8 Å². The van der Waals surface area contributed by atoms with E-state index in [4.69, 9.17) is 0 Å². The number of allylic oxidation sites excluding steroid dienone is 5. The van der Waals surface area contributed by atoms with Crippen LogP contribution in [-0.2, 0) is 14.4 Å². The van der Waals surface area contributed by atoms with Crippen molar-refractivity contribution < 1.29 is 19.5 Å². The molecule has 0 heterocycles. The molecule has 9 aromatic rings. The summed E-state index contributed by atoms with van der Waals surface area (Å²) in [5, 5.41) is 22.6. The summed E-state index contributed by atoms with van der Waals surface area (Å²) < 4.78 is 0. The number of benzene rings is 9. The van der Waals surface area contributed by atoms with Gasteiger partial charge in [-0.2, -0.15) is 0 Å². The van der Waals surface area contributed by atoms with E-state index in [0.717, 1.165) is 116 Å². The van der Waals surface area contributed by atoms with Crippen molar-refractivity contribution in [2.45, 2.75) is 79.1 Å². The third kappa shape index (κ3) is 13.4. The van der Waals surface area contributed by atoms with Crippen LogP contribution < -0.4 is 26.1 Å². The third-order valence-electron chi connectivity index (χ3n) is 17.1. The molecule has 2 unspecified atom stereocenters. The Morgan fingerprint density at radius 2 is 0.841 bits per heavy atom.